The average molecular weight is 724 g/mol. The third-order valence-corrected chi connectivity index (χ3v) is 7.57. The summed E-state index contributed by atoms with van der Waals surface area (Å²) < 4.78 is 67.5. The van der Waals surface area contributed by atoms with Crippen LogP contribution in [0.25, 0.3) is 20.3 Å². The maximum Gasteiger partial charge on any atom is 0.490 e. The van der Waals surface area contributed by atoms with Crippen molar-refractivity contribution < 1.29 is 56.0 Å². The van der Waals surface area contributed by atoms with Crippen LogP contribution in [0.15, 0.2) is 67.0 Å². The molecule has 5 aromatic rings. The first-order valence-electron chi connectivity index (χ1n) is 14.2. The first-order valence-corrected chi connectivity index (χ1v) is 15.4. The van der Waals surface area contributed by atoms with Crippen LogP contribution in [0, 0.1) is 5.82 Å². The number of rotatable bonds is 11. The molecule has 2 aromatic heterocycles. The van der Waals surface area contributed by atoms with Crippen LogP contribution in [-0.4, -0.2) is 58.5 Å². The standard InChI is InChI=1S/C30H25ClFN3O6S.C2HF3O2/c1-3-38-29(36)26(30(37)39-4-2)41-20-9-10-21-24(14-20)42-28-25(21)27(33-16-34-28)35-19-8-11-23(22(31)13-19)40-15-17-6-5-7-18(32)12-17;3-2(4,5)1(6)7/h5-14,16,26H,3-4,15H2,1-2H3,(H,33,34,35);(H,6,7). The van der Waals surface area contributed by atoms with E-state index in [-0.39, 0.29) is 25.6 Å². The van der Waals surface area contributed by atoms with E-state index in [1.54, 1.807) is 56.3 Å². The van der Waals surface area contributed by atoms with Gasteiger partial charge in [-0.25, -0.2) is 28.7 Å². The van der Waals surface area contributed by atoms with Crippen molar-refractivity contribution in [3.05, 3.63) is 83.4 Å². The van der Waals surface area contributed by atoms with E-state index in [9.17, 15) is 27.2 Å². The van der Waals surface area contributed by atoms with E-state index >= 15 is 0 Å². The van der Waals surface area contributed by atoms with E-state index in [1.165, 1.54) is 29.8 Å². The molecule has 0 spiro atoms. The summed E-state index contributed by atoms with van der Waals surface area (Å²) in [6, 6.07) is 16.6. The molecule has 3 aromatic carbocycles. The molecule has 17 heteroatoms. The number of anilines is 2. The van der Waals surface area contributed by atoms with E-state index in [0.29, 0.717) is 38.4 Å². The van der Waals surface area contributed by atoms with E-state index in [2.05, 4.69) is 15.3 Å². The van der Waals surface area contributed by atoms with Gasteiger partial charge in [0.1, 0.15) is 40.9 Å². The Morgan fingerprint density at radius 2 is 1.67 bits per heavy atom. The van der Waals surface area contributed by atoms with Crippen LogP contribution in [0.1, 0.15) is 19.4 Å². The molecule has 0 saturated heterocycles. The van der Waals surface area contributed by atoms with Crippen LogP contribution < -0.4 is 14.8 Å². The third kappa shape index (κ3) is 9.67. The van der Waals surface area contributed by atoms with Gasteiger partial charge in [-0.3, -0.25) is 0 Å². The number of benzene rings is 3. The minimum Gasteiger partial charge on any atom is -0.487 e. The van der Waals surface area contributed by atoms with Crippen LogP contribution in [-0.2, 0) is 30.5 Å². The summed E-state index contributed by atoms with van der Waals surface area (Å²) in [5.41, 5.74) is 1.36. The van der Waals surface area contributed by atoms with Gasteiger partial charge in [-0.1, -0.05) is 23.7 Å². The number of aromatic nitrogens is 2. The minimum absolute atomic E-state index is 0.0950. The summed E-state index contributed by atoms with van der Waals surface area (Å²) in [7, 11) is 0. The van der Waals surface area contributed by atoms with Gasteiger partial charge < -0.3 is 29.4 Å². The van der Waals surface area contributed by atoms with Crippen molar-refractivity contribution in [3.8, 4) is 11.5 Å². The van der Waals surface area contributed by atoms with Crippen LogP contribution in [0.2, 0.25) is 5.02 Å². The molecule has 0 saturated carbocycles. The van der Waals surface area contributed by atoms with Crippen molar-refractivity contribution >= 4 is 72.7 Å². The molecule has 0 radical (unpaired) electrons. The fraction of sp³-hybridized carbons (Fsp3) is 0.219. The minimum atomic E-state index is -5.08. The van der Waals surface area contributed by atoms with Gasteiger partial charge in [0.05, 0.1) is 23.6 Å². The van der Waals surface area contributed by atoms with Crippen molar-refractivity contribution in [2.75, 3.05) is 18.5 Å². The normalized spacial score (nSPS) is 11.1. The zero-order valence-electron chi connectivity index (χ0n) is 25.5. The number of alkyl halides is 3. The van der Waals surface area contributed by atoms with Crippen molar-refractivity contribution in [2.24, 2.45) is 0 Å². The van der Waals surface area contributed by atoms with Gasteiger partial charge >= 0.3 is 24.1 Å². The highest BCUT2D eigenvalue weighted by Crippen LogP contribution is 2.39. The Kier molecular flexibility index (Phi) is 12.1. The number of thiophene rings is 1. The fourth-order valence-corrected chi connectivity index (χ4v) is 5.45. The Bertz CT molecular complexity index is 1960. The first-order chi connectivity index (χ1) is 23.3. The van der Waals surface area contributed by atoms with Crippen LogP contribution in [0.5, 0.6) is 11.5 Å². The highest BCUT2D eigenvalue weighted by atomic mass is 35.5. The molecule has 0 fully saturated rings. The molecule has 0 unspecified atom stereocenters. The van der Waals surface area contributed by atoms with Crippen LogP contribution in [0.4, 0.5) is 29.1 Å². The van der Waals surface area contributed by atoms with Gasteiger partial charge in [-0.2, -0.15) is 13.2 Å². The quantitative estimate of drug-likeness (QED) is 0.0795. The van der Waals surface area contributed by atoms with E-state index in [1.807, 2.05) is 6.07 Å². The molecule has 0 aliphatic heterocycles. The van der Waals surface area contributed by atoms with Gasteiger partial charge in [0.15, 0.2) is 0 Å². The second kappa shape index (κ2) is 16.3. The van der Waals surface area contributed by atoms with Crippen molar-refractivity contribution in [1.29, 1.82) is 0 Å². The smallest absolute Gasteiger partial charge is 0.487 e. The summed E-state index contributed by atoms with van der Waals surface area (Å²) in [6.45, 7) is 3.64. The molecule has 0 atom stereocenters. The summed E-state index contributed by atoms with van der Waals surface area (Å²) in [6.07, 6.45) is -5.17. The highest BCUT2D eigenvalue weighted by Gasteiger charge is 2.38. The van der Waals surface area contributed by atoms with E-state index in [4.69, 9.17) is 40.4 Å². The maximum atomic E-state index is 13.5. The second-order valence-electron chi connectivity index (χ2n) is 9.66. The molecular weight excluding hydrogens is 698 g/mol. The third-order valence-electron chi connectivity index (χ3n) is 6.22. The molecule has 2 heterocycles. The SMILES string of the molecule is CCOC(=O)C(Oc1ccc2c(c1)sc1ncnc(Nc3ccc(OCc4cccc(F)c4)c(Cl)c3)c12)C(=O)OCC.O=C(O)C(F)(F)F. The number of nitrogens with one attached hydrogen (secondary N) is 1. The number of hydrogen-bond donors (Lipinski definition) is 2. The zero-order chi connectivity index (χ0) is 35.7. The number of aliphatic carboxylic acids is 1. The molecule has 0 amide bonds. The Balaban J connectivity index is 0.000000698. The molecule has 5 rings (SSSR count). The number of esters is 2. The maximum absolute atomic E-state index is 13.5. The molecule has 2 N–H and O–H groups in total. The first kappa shape index (κ1) is 36.6. The molecule has 49 heavy (non-hydrogen) atoms. The Morgan fingerprint density at radius 3 is 2.29 bits per heavy atom. The summed E-state index contributed by atoms with van der Waals surface area (Å²) in [5.74, 6) is -3.43. The number of fused-ring (bicyclic) bond motifs is 3. The Labute approximate surface area is 284 Å². The van der Waals surface area contributed by atoms with Crippen LogP contribution >= 0.6 is 22.9 Å². The predicted molar refractivity (Wildman–Crippen MR) is 172 cm³/mol. The molecule has 0 aliphatic carbocycles. The van der Waals surface area contributed by atoms with Crippen LogP contribution in [0.3, 0.4) is 0 Å². The molecule has 258 valence electrons. The van der Waals surface area contributed by atoms with Gasteiger partial charge in [0, 0.05) is 15.8 Å². The largest absolute Gasteiger partial charge is 0.490 e. The van der Waals surface area contributed by atoms with Crippen molar-refractivity contribution in [1.82, 2.24) is 9.97 Å². The molecular formula is C32H26ClF4N3O8S. The monoisotopic (exact) mass is 723 g/mol. The van der Waals surface area contributed by atoms with E-state index in [0.717, 1.165) is 15.5 Å². The lowest BCUT2D eigenvalue weighted by atomic mass is 10.2. The van der Waals surface area contributed by atoms with Crippen molar-refractivity contribution in [3.63, 3.8) is 0 Å². The second-order valence-corrected chi connectivity index (χ2v) is 11.1. The lowest BCUT2D eigenvalue weighted by Crippen LogP contribution is -2.38. The van der Waals surface area contributed by atoms with Gasteiger partial charge in [-0.15, -0.1) is 11.3 Å². The molecule has 0 aliphatic rings. The Morgan fingerprint density at radius 1 is 0.980 bits per heavy atom. The van der Waals surface area contributed by atoms with E-state index < -0.39 is 30.2 Å². The number of carboxylic acids is 1. The zero-order valence-corrected chi connectivity index (χ0v) is 27.1. The number of nitrogens with zero attached hydrogens (tertiary/aromatic N) is 2. The summed E-state index contributed by atoms with van der Waals surface area (Å²) in [5, 5.41) is 12.4. The number of halogens is 5. The average Bonchev–Trinajstić information content (AvgIpc) is 3.42. The topological polar surface area (TPSA) is 146 Å². The van der Waals surface area contributed by atoms with Gasteiger partial charge in [-0.05, 0) is 67.9 Å². The molecule has 0 bridgehead atoms. The number of carboxylic acid groups (broad SMARTS) is 1. The summed E-state index contributed by atoms with van der Waals surface area (Å²) in [4.78, 5) is 43.1. The number of hydrogen-bond acceptors (Lipinski definition) is 11. The number of ether oxygens (including phenoxy) is 4. The number of carbonyl (C=O) groups is 3. The van der Waals surface area contributed by atoms with Gasteiger partial charge in [0.25, 0.3) is 6.10 Å². The summed E-state index contributed by atoms with van der Waals surface area (Å²) >= 11 is 7.88. The fourth-order valence-electron chi connectivity index (χ4n) is 4.14. The Hall–Kier alpha value is -5.22. The highest BCUT2D eigenvalue weighted by molar-refractivity contribution is 7.25. The predicted octanol–water partition coefficient (Wildman–Crippen LogP) is 7.47. The van der Waals surface area contributed by atoms with Gasteiger partial charge in [0.2, 0.25) is 0 Å². The lowest BCUT2D eigenvalue weighted by Gasteiger charge is -2.16. The molecule has 11 nitrogen and oxygen atoms in total. The van der Waals surface area contributed by atoms with Crippen molar-refractivity contribution in [2.45, 2.75) is 32.7 Å². The lowest BCUT2D eigenvalue weighted by molar-refractivity contribution is -0.192. The number of carbonyl (C=O) groups excluding carboxylic acids is 2.